The normalized spacial score (nSPS) is 10.3. The van der Waals surface area contributed by atoms with E-state index < -0.39 is 0 Å². The topological polar surface area (TPSA) is 63.2 Å². The monoisotopic (exact) mass is 367 g/mol. The van der Waals surface area contributed by atoms with Crippen LogP contribution in [0.4, 0.5) is 17.1 Å². The summed E-state index contributed by atoms with van der Waals surface area (Å²) in [7, 11) is 1.58. The molecule has 0 spiro atoms. The molecule has 0 atom stereocenters. The Morgan fingerprint density at radius 3 is 2.54 bits per heavy atom. The first-order chi connectivity index (χ1) is 12.5. The van der Waals surface area contributed by atoms with Crippen molar-refractivity contribution < 1.29 is 9.53 Å². The number of ether oxygens (including phenoxy) is 1. The lowest BCUT2D eigenvalue weighted by Crippen LogP contribution is -2.12. The van der Waals surface area contributed by atoms with Crippen LogP contribution in [0.5, 0.6) is 5.75 Å². The molecule has 0 aliphatic carbocycles. The van der Waals surface area contributed by atoms with Crippen molar-refractivity contribution in [2.45, 2.75) is 6.92 Å². The number of hydrogen-bond acceptors (Lipinski definition) is 4. The van der Waals surface area contributed by atoms with Gasteiger partial charge in [0.05, 0.1) is 30.2 Å². The van der Waals surface area contributed by atoms with Gasteiger partial charge in [-0.15, -0.1) is 0 Å². The quantitative estimate of drug-likeness (QED) is 0.662. The zero-order valence-electron chi connectivity index (χ0n) is 14.4. The van der Waals surface area contributed by atoms with Gasteiger partial charge in [0.25, 0.3) is 5.91 Å². The average molecular weight is 368 g/mol. The molecular formula is C20H18ClN3O2. The minimum Gasteiger partial charge on any atom is -0.495 e. The molecule has 2 aromatic carbocycles. The molecule has 26 heavy (non-hydrogen) atoms. The molecule has 1 heterocycles. The highest BCUT2D eigenvalue weighted by Gasteiger charge is 2.09. The second kappa shape index (κ2) is 7.89. The number of hydrogen-bond donors (Lipinski definition) is 2. The van der Waals surface area contributed by atoms with E-state index in [9.17, 15) is 4.79 Å². The molecule has 0 saturated heterocycles. The number of benzene rings is 2. The summed E-state index contributed by atoms with van der Waals surface area (Å²) in [5.41, 5.74) is 3.65. The number of nitrogens with one attached hydrogen (secondary N) is 2. The molecule has 0 aliphatic rings. The molecule has 3 aromatic rings. The lowest BCUT2D eigenvalue weighted by atomic mass is 10.2. The summed E-state index contributed by atoms with van der Waals surface area (Å²) < 4.78 is 5.32. The van der Waals surface area contributed by atoms with E-state index in [1.54, 1.807) is 37.6 Å². The van der Waals surface area contributed by atoms with Crippen molar-refractivity contribution in [3.8, 4) is 5.75 Å². The summed E-state index contributed by atoms with van der Waals surface area (Å²) in [5, 5.41) is 6.61. The molecule has 0 unspecified atom stereocenters. The molecular weight excluding hydrogens is 350 g/mol. The Hall–Kier alpha value is -3.05. The number of anilines is 3. The second-order valence-electron chi connectivity index (χ2n) is 5.75. The maximum Gasteiger partial charge on any atom is 0.257 e. The molecule has 1 aromatic heterocycles. The van der Waals surface area contributed by atoms with Gasteiger partial charge in [-0.1, -0.05) is 29.3 Å². The van der Waals surface area contributed by atoms with E-state index in [2.05, 4.69) is 15.6 Å². The highest BCUT2D eigenvalue weighted by Crippen LogP contribution is 2.30. The third kappa shape index (κ3) is 4.32. The first-order valence-corrected chi connectivity index (χ1v) is 8.36. The number of amides is 1. The van der Waals surface area contributed by atoms with E-state index in [1.165, 1.54) is 6.20 Å². The Kier molecular flexibility index (Phi) is 5.39. The fourth-order valence-electron chi connectivity index (χ4n) is 2.41. The lowest BCUT2D eigenvalue weighted by molar-refractivity contribution is 0.102. The third-order valence-corrected chi connectivity index (χ3v) is 3.99. The summed E-state index contributed by atoms with van der Waals surface area (Å²) >= 11 is 6.05. The maximum atomic E-state index is 12.5. The van der Waals surface area contributed by atoms with Crippen LogP contribution in [0.3, 0.4) is 0 Å². The number of methoxy groups -OCH3 is 1. The number of rotatable bonds is 5. The molecule has 1 amide bonds. The van der Waals surface area contributed by atoms with E-state index in [0.29, 0.717) is 27.7 Å². The van der Waals surface area contributed by atoms with Crippen molar-refractivity contribution in [1.82, 2.24) is 4.98 Å². The van der Waals surface area contributed by atoms with Gasteiger partial charge in [-0.05, 0) is 43.3 Å². The molecule has 2 N–H and O–H groups in total. The van der Waals surface area contributed by atoms with Crippen LogP contribution in [0.25, 0.3) is 0 Å². The Morgan fingerprint density at radius 2 is 1.81 bits per heavy atom. The van der Waals surface area contributed by atoms with Crippen molar-refractivity contribution >= 4 is 34.6 Å². The highest BCUT2D eigenvalue weighted by molar-refractivity contribution is 6.31. The van der Waals surface area contributed by atoms with Crippen molar-refractivity contribution in [1.29, 1.82) is 0 Å². The van der Waals surface area contributed by atoms with E-state index in [1.807, 2.05) is 31.2 Å². The Labute approximate surface area is 157 Å². The number of carbonyl (C=O) groups is 1. The first kappa shape index (κ1) is 17.8. The zero-order chi connectivity index (χ0) is 18.5. The molecule has 132 valence electrons. The van der Waals surface area contributed by atoms with Crippen LogP contribution in [0.2, 0.25) is 5.02 Å². The average Bonchev–Trinajstić information content (AvgIpc) is 2.64. The van der Waals surface area contributed by atoms with Crippen molar-refractivity contribution in [2.24, 2.45) is 0 Å². The summed E-state index contributed by atoms with van der Waals surface area (Å²) in [6.07, 6.45) is 3.15. The molecule has 0 saturated carbocycles. The standard InChI is InChI=1S/C20H18ClN3O2/c1-13-3-6-16(7-4-13)24-20(25)14-9-17(12-22-11-14)23-18-10-15(21)5-8-19(18)26-2/h3-12,23H,1-2H3,(H,24,25). The van der Waals surface area contributed by atoms with Crippen molar-refractivity contribution in [2.75, 3.05) is 17.7 Å². The van der Waals surface area contributed by atoms with Crippen LogP contribution in [0.1, 0.15) is 15.9 Å². The fraction of sp³-hybridized carbons (Fsp3) is 0.100. The van der Waals surface area contributed by atoms with Gasteiger partial charge in [0.1, 0.15) is 5.75 Å². The Balaban J connectivity index is 1.79. The Morgan fingerprint density at radius 1 is 1.04 bits per heavy atom. The number of halogens is 1. The van der Waals surface area contributed by atoms with Crippen LogP contribution in [0.15, 0.2) is 60.9 Å². The fourth-order valence-corrected chi connectivity index (χ4v) is 2.58. The first-order valence-electron chi connectivity index (χ1n) is 7.99. The van der Waals surface area contributed by atoms with E-state index in [-0.39, 0.29) is 5.91 Å². The van der Waals surface area contributed by atoms with E-state index in [4.69, 9.17) is 16.3 Å². The minimum atomic E-state index is -0.233. The van der Waals surface area contributed by atoms with E-state index in [0.717, 1.165) is 11.3 Å². The highest BCUT2D eigenvalue weighted by atomic mass is 35.5. The van der Waals surface area contributed by atoms with Crippen LogP contribution < -0.4 is 15.4 Å². The van der Waals surface area contributed by atoms with Gasteiger partial charge in [0.15, 0.2) is 0 Å². The predicted molar refractivity (Wildman–Crippen MR) is 105 cm³/mol. The number of pyridine rings is 1. The molecule has 0 fully saturated rings. The van der Waals surface area contributed by atoms with E-state index >= 15 is 0 Å². The van der Waals surface area contributed by atoms with Gasteiger partial charge in [0.2, 0.25) is 0 Å². The molecule has 6 heteroatoms. The van der Waals surface area contributed by atoms with Crippen molar-refractivity contribution in [3.63, 3.8) is 0 Å². The molecule has 0 bridgehead atoms. The molecule has 0 radical (unpaired) electrons. The SMILES string of the molecule is COc1ccc(Cl)cc1Nc1cncc(C(=O)Nc2ccc(C)cc2)c1. The van der Waals surface area contributed by atoms with Gasteiger partial charge in [-0.3, -0.25) is 9.78 Å². The van der Waals surface area contributed by atoms with Gasteiger partial charge < -0.3 is 15.4 Å². The van der Waals surface area contributed by atoms with Gasteiger partial charge >= 0.3 is 0 Å². The molecule has 3 rings (SSSR count). The van der Waals surface area contributed by atoms with Crippen molar-refractivity contribution in [3.05, 3.63) is 77.1 Å². The smallest absolute Gasteiger partial charge is 0.257 e. The summed E-state index contributed by atoms with van der Waals surface area (Å²) in [4.78, 5) is 16.6. The van der Waals surface area contributed by atoms with Gasteiger partial charge in [-0.25, -0.2) is 0 Å². The number of nitrogens with zero attached hydrogens (tertiary/aromatic N) is 1. The lowest BCUT2D eigenvalue weighted by Gasteiger charge is -2.12. The molecule has 5 nitrogen and oxygen atoms in total. The minimum absolute atomic E-state index is 0.233. The number of carbonyl (C=O) groups excluding carboxylic acids is 1. The number of aromatic nitrogens is 1. The predicted octanol–water partition coefficient (Wildman–Crippen LogP) is 5.05. The zero-order valence-corrected chi connectivity index (χ0v) is 15.2. The summed E-state index contributed by atoms with van der Waals surface area (Å²) in [6, 6.07) is 14.6. The summed E-state index contributed by atoms with van der Waals surface area (Å²) in [6.45, 7) is 1.99. The molecule has 0 aliphatic heterocycles. The van der Waals surface area contributed by atoms with Crippen LogP contribution in [0, 0.1) is 6.92 Å². The largest absolute Gasteiger partial charge is 0.495 e. The van der Waals surface area contributed by atoms with Crippen LogP contribution in [-0.2, 0) is 0 Å². The van der Waals surface area contributed by atoms with Crippen LogP contribution >= 0.6 is 11.6 Å². The van der Waals surface area contributed by atoms with Gasteiger partial charge in [-0.2, -0.15) is 0 Å². The summed E-state index contributed by atoms with van der Waals surface area (Å²) in [5.74, 6) is 0.409. The second-order valence-corrected chi connectivity index (χ2v) is 6.19. The van der Waals surface area contributed by atoms with Gasteiger partial charge in [0, 0.05) is 16.9 Å². The number of aryl methyl sites for hydroxylation is 1. The maximum absolute atomic E-state index is 12.5. The third-order valence-electron chi connectivity index (χ3n) is 3.75. The Bertz CT molecular complexity index is 927. The van der Waals surface area contributed by atoms with Crippen LogP contribution in [-0.4, -0.2) is 18.0 Å².